The van der Waals surface area contributed by atoms with Crippen LogP contribution in [0.3, 0.4) is 0 Å². The highest BCUT2D eigenvalue weighted by Gasteiger charge is 2.28. The molecule has 1 amide bonds. The van der Waals surface area contributed by atoms with Gasteiger partial charge in [0.05, 0.1) is 12.2 Å². The maximum atomic E-state index is 12.5. The number of hydrogen-bond donors (Lipinski definition) is 1. The maximum absolute atomic E-state index is 12.5. The quantitative estimate of drug-likeness (QED) is 0.878. The highest BCUT2D eigenvalue weighted by Crippen LogP contribution is 2.16. The Bertz CT molecular complexity index is 473. The molecule has 19 heavy (non-hydrogen) atoms. The van der Waals surface area contributed by atoms with Gasteiger partial charge < -0.3 is 15.4 Å². The molecule has 0 spiro atoms. The summed E-state index contributed by atoms with van der Waals surface area (Å²) in [4.78, 5) is 14.3. The second-order valence-corrected chi connectivity index (χ2v) is 5.31. The number of morpholine rings is 1. The van der Waals surface area contributed by atoms with Crippen LogP contribution >= 0.6 is 0 Å². The molecular weight excluding hydrogens is 240 g/mol. The van der Waals surface area contributed by atoms with Gasteiger partial charge >= 0.3 is 0 Å². The Labute approximate surface area is 114 Å². The fourth-order valence-corrected chi connectivity index (χ4v) is 2.40. The summed E-state index contributed by atoms with van der Waals surface area (Å²) in [6.45, 7) is 7.69. The Hall–Kier alpha value is -1.39. The topological polar surface area (TPSA) is 55.6 Å². The zero-order chi connectivity index (χ0) is 14.0. The third-order valence-corrected chi connectivity index (χ3v) is 3.63. The maximum Gasteiger partial charge on any atom is 0.254 e. The van der Waals surface area contributed by atoms with E-state index in [2.05, 4.69) is 0 Å². The van der Waals surface area contributed by atoms with E-state index in [9.17, 15) is 4.79 Å². The number of carbonyl (C=O) groups is 1. The standard InChI is InChI=1S/C15H22N2O2/c1-10-4-5-13(6-11(10)2)15(18)17-8-12(3)19-14(7-16)9-17/h4-6,12,14H,7-9,16H2,1-3H3. The molecule has 1 aliphatic heterocycles. The summed E-state index contributed by atoms with van der Waals surface area (Å²) >= 11 is 0. The molecule has 2 unspecified atom stereocenters. The van der Waals surface area contributed by atoms with Crippen molar-refractivity contribution in [3.63, 3.8) is 0 Å². The molecule has 0 aliphatic carbocycles. The number of benzene rings is 1. The predicted octanol–water partition coefficient (Wildman–Crippen LogP) is 1.49. The van der Waals surface area contributed by atoms with Crippen LogP contribution in [0.25, 0.3) is 0 Å². The summed E-state index contributed by atoms with van der Waals surface area (Å²) in [7, 11) is 0. The molecular formula is C15H22N2O2. The van der Waals surface area contributed by atoms with Crippen molar-refractivity contribution >= 4 is 5.91 Å². The van der Waals surface area contributed by atoms with Crippen molar-refractivity contribution in [2.75, 3.05) is 19.6 Å². The number of hydrogen-bond acceptors (Lipinski definition) is 3. The lowest BCUT2D eigenvalue weighted by Gasteiger charge is -2.36. The van der Waals surface area contributed by atoms with Crippen LogP contribution in [0.5, 0.6) is 0 Å². The average molecular weight is 262 g/mol. The first-order valence-corrected chi connectivity index (χ1v) is 6.73. The van der Waals surface area contributed by atoms with E-state index in [1.54, 1.807) is 0 Å². The van der Waals surface area contributed by atoms with Crippen LogP contribution in [0.4, 0.5) is 0 Å². The van der Waals surface area contributed by atoms with Gasteiger partial charge in [-0.1, -0.05) is 6.07 Å². The van der Waals surface area contributed by atoms with Gasteiger partial charge in [-0.05, 0) is 44.0 Å². The number of aryl methyl sites for hydroxylation is 2. The van der Waals surface area contributed by atoms with E-state index in [-0.39, 0.29) is 18.1 Å². The normalized spacial score (nSPS) is 23.5. The molecule has 1 saturated heterocycles. The molecule has 2 rings (SSSR count). The highest BCUT2D eigenvalue weighted by molar-refractivity contribution is 5.94. The summed E-state index contributed by atoms with van der Waals surface area (Å²) in [5.74, 6) is 0.0664. The van der Waals surface area contributed by atoms with Crippen LogP contribution in [-0.4, -0.2) is 42.6 Å². The molecule has 4 nitrogen and oxygen atoms in total. The van der Waals surface area contributed by atoms with Crippen LogP contribution in [0, 0.1) is 13.8 Å². The number of nitrogens with two attached hydrogens (primary N) is 1. The number of rotatable bonds is 2. The minimum atomic E-state index is -0.0563. The Morgan fingerprint density at radius 1 is 1.37 bits per heavy atom. The molecule has 0 saturated carbocycles. The van der Waals surface area contributed by atoms with Gasteiger partial charge in [0.2, 0.25) is 0 Å². The van der Waals surface area contributed by atoms with Crippen molar-refractivity contribution in [3.05, 3.63) is 34.9 Å². The van der Waals surface area contributed by atoms with Gasteiger partial charge in [-0.25, -0.2) is 0 Å². The summed E-state index contributed by atoms with van der Waals surface area (Å²) in [6.07, 6.45) is -0.0166. The molecule has 1 aromatic rings. The predicted molar refractivity (Wildman–Crippen MR) is 75.2 cm³/mol. The van der Waals surface area contributed by atoms with Crippen LogP contribution in [0.1, 0.15) is 28.4 Å². The monoisotopic (exact) mass is 262 g/mol. The van der Waals surface area contributed by atoms with Crippen molar-refractivity contribution in [2.24, 2.45) is 5.73 Å². The SMILES string of the molecule is Cc1ccc(C(=O)N2CC(C)OC(CN)C2)cc1C. The Kier molecular flexibility index (Phi) is 4.22. The van der Waals surface area contributed by atoms with E-state index in [0.29, 0.717) is 19.6 Å². The van der Waals surface area contributed by atoms with E-state index in [1.165, 1.54) is 5.56 Å². The van der Waals surface area contributed by atoms with Crippen molar-refractivity contribution in [2.45, 2.75) is 33.0 Å². The molecule has 104 valence electrons. The fourth-order valence-electron chi connectivity index (χ4n) is 2.40. The van der Waals surface area contributed by atoms with Gasteiger partial charge in [-0.15, -0.1) is 0 Å². The molecule has 1 aromatic carbocycles. The van der Waals surface area contributed by atoms with Crippen molar-refractivity contribution in [1.82, 2.24) is 4.90 Å². The van der Waals surface area contributed by atoms with Crippen LogP contribution in [0.15, 0.2) is 18.2 Å². The Morgan fingerprint density at radius 2 is 2.11 bits per heavy atom. The zero-order valence-corrected chi connectivity index (χ0v) is 11.8. The van der Waals surface area contributed by atoms with Crippen LogP contribution in [-0.2, 0) is 4.74 Å². The summed E-state index contributed by atoms with van der Waals surface area (Å²) < 4.78 is 5.68. The molecule has 1 aliphatic rings. The second kappa shape index (κ2) is 5.72. The van der Waals surface area contributed by atoms with Crippen LogP contribution in [0.2, 0.25) is 0 Å². The minimum absolute atomic E-state index is 0.0396. The number of carbonyl (C=O) groups excluding carboxylic acids is 1. The van der Waals surface area contributed by atoms with Crippen molar-refractivity contribution < 1.29 is 9.53 Å². The number of amides is 1. The summed E-state index contributed by atoms with van der Waals surface area (Å²) in [6, 6.07) is 5.84. The smallest absolute Gasteiger partial charge is 0.254 e. The number of ether oxygens (including phenoxy) is 1. The number of nitrogens with zero attached hydrogens (tertiary/aromatic N) is 1. The van der Waals surface area contributed by atoms with E-state index in [4.69, 9.17) is 10.5 Å². The van der Waals surface area contributed by atoms with E-state index < -0.39 is 0 Å². The molecule has 0 bridgehead atoms. The fraction of sp³-hybridized carbons (Fsp3) is 0.533. The van der Waals surface area contributed by atoms with Gasteiger partial charge in [0.25, 0.3) is 5.91 Å². The largest absolute Gasteiger partial charge is 0.370 e. The first-order chi connectivity index (χ1) is 9.01. The second-order valence-electron chi connectivity index (χ2n) is 5.31. The highest BCUT2D eigenvalue weighted by atomic mass is 16.5. The molecule has 1 heterocycles. The lowest BCUT2D eigenvalue weighted by atomic mass is 10.0. The Morgan fingerprint density at radius 3 is 2.74 bits per heavy atom. The molecule has 2 atom stereocenters. The molecule has 1 fully saturated rings. The van der Waals surface area contributed by atoms with E-state index >= 15 is 0 Å². The lowest BCUT2D eigenvalue weighted by Crippen LogP contribution is -2.51. The molecule has 0 radical (unpaired) electrons. The van der Waals surface area contributed by atoms with Crippen molar-refractivity contribution in [3.8, 4) is 0 Å². The van der Waals surface area contributed by atoms with Gasteiger partial charge in [-0.3, -0.25) is 4.79 Å². The van der Waals surface area contributed by atoms with Gasteiger partial charge in [0, 0.05) is 25.2 Å². The lowest BCUT2D eigenvalue weighted by molar-refractivity contribution is -0.0625. The molecule has 2 N–H and O–H groups in total. The third kappa shape index (κ3) is 3.14. The van der Waals surface area contributed by atoms with Gasteiger partial charge in [-0.2, -0.15) is 0 Å². The average Bonchev–Trinajstić information content (AvgIpc) is 2.40. The van der Waals surface area contributed by atoms with Crippen LogP contribution < -0.4 is 5.73 Å². The molecule has 4 heteroatoms. The minimum Gasteiger partial charge on any atom is -0.370 e. The summed E-state index contributed by atoms with van der Waals surface area (Å²) in [5.41, 5.74) is 8.73. The first kappa shape index (κ1) is 14.0. The Balaban J connectivity index is 2.16. The molecule has 0 aromatic heterocycles. The van der Waals surface area contributed by atoms with E-state index in [1.807, 2.05) is 43.9 Å². The van der Waals surface area contributed by atoms with Crippen molar-refractivity contribution in [1.29, 1.82) is 0 Å². The van der Waals surface area contributed by atoms with Gasteiger partial charge in [0.15, 0.2) is 0 Å². The van der Waals surface area contributed by atoms with Gasteiger partial charge in [0.1, 0.15) is 0 Å². The zero-order valence-electron chi connectivity index (χ0n) is 11.8. The summed E-state index contributed by atoms with van der Waals surface area (Å²) in [5, 5.41) is 0. The third-order valence-electron chi connectivity index (χ3n) is 3.63. The first-order valence-electron chi connectivity index (χ1n) is 6.73. The van der Waals surface area contributed by atoms with E-state index in [0.717, 1.165) is 11.1 Å².